The standard InChI is InChI=1S/C13H9F2NS.C13H7F2NS/c2*14-8-1-2-9(11(15)7-8)13-10-4-6-17-12(10)3-5-16-13/h1-2,4,6-7H,3,5H2;1-7H. The summed E-state index contributed by atoms with van der Waals surface area (Å²) in [5.74, 6) is -2.28. The molecule has 0 unspecified atom stereocenters. The number of fused-ring (bicyclic) bond motifs is 2. The van der Waals surface area contributed by atoms with Gasteiger partial charge in [0.2, 0.25) is 0 Å². The SMILES string of the molecule is Fc1ccc(-c2nccc3sccc23)c(F)c1.Fc1ccc(C2=NCCc3sccc32)c(F)c1. The van der Waals surface area contributed by atoms with Gasteiger partial charge in [-0.05, 0) is 53.2 Å². The van der Waals surface area contributed by atoms with E-state index in [0.717, 1.165) is 34.2 Å². The number of aromatic nitrogens is 1. The number of hydrogen-bond donors (Lipinski definition) is 0. The number of hydrogen-bond acceptors (Lipinski definition) is 4. The molecule has 34 heavy (non-hydrogen) atoms. The number of halogens is 4. The Labute approximate surface area is 200 Å². The lowest BCUT2D eigenvalue weighted by atomic mass is 9.99. The van der Waals surface area contributed by atoms with E-state index in [-0.39, 0.29) is 0 Å². The van der Waals surface area contributed by atoms with Crippen LogP contribution >= 0.6 is 22.7 Å². The van der Waals surface area contributed by atoms with Crippen molar-refractivity contribution in [2.75, 3.05) is 6.54 Å². The molecule has 1 aliphatic rings. The highest BCUT2D eigenvalue weighted by Crippen LogP contribution is 2.31. The molecule has 0 spiro atoms. The smallest absolute Gasteiger partial charge is 0.135 e. The summed E-state index contributed by atoms with van der Waals surface area (Å²) in [6.45, 7) is 0.666. The van der Waals surface area contributed by atoms with E-state index in [1.165, 1.54) is 29.1 Å². The first kappa shape index (κ1) is 22.4. The predicted octanol–water partition coefficient (Wildman–Crippen LogP) is 7.66. The van der Waals surface area contributed by atoms with Crippen LogP contribution in [0.1, 0.15) is 16.0 Å². The second-order valence-corrected chi connectivity index (χ2v) is 9.43. The zero-order valence-electron chi connectivity index (χ0n) is 17.6. The third-order valence-corrected chi connectivity index (χ3v) is 7.22. The summed E-state index contributed by atoms with van der Waals surface area (Å²) in [5.41, 5.74) is 2.89. The van der Waals surface area contributed by atoms with Gasteiger partial charge in [-0.2, -0.15) is 0 Å². The van der Waals surface area contributed by atoms with Gasteiger partial charge in [0, 0.05) is 62.9 Å². The van der Waals surface area contributed by atoms with Gasteiger partial charge < -0.3 is 0 Å². The maximum absolute atomic E-state index is 13.7. The fourth-order valence-corrected chi connectivity index (χ4v) is 5.45. The molecule has 2 aromatic carbocycles. The average Bonchev–Trinajstić information content (AvgIpc) is 3.49. The van der Waals surface area contributed by atoms with E-state index in [2.05, 4.69) is 9.98 Å². The molecule has 0 aliphatic carbocycles. The van der Waals surface area contributed by atoms with Gasteiger partial charge in [0.05, 0.1) is 11.4 Å². The Bertz CT molecular complexity index is 1520. The van der Waals surface area contributed by atoms with Gasteiger partial charge >= 0.3 is 0 Å². The quantitative estimate of drug-likeness (QED) is 0.230. The molecular formula is C26H16F4N2S2. The summed E-state index contributed by atoms with van der Waals surface area (Å²) in [7, 11) is 0. The van der Waals surface area contributed by atoms with Crippen LogP contribution in [0.5, 0.6) is 0 Å². The minimum absolute atomic E-state index is 0.329. The fourth-order valence-electron chi connectivity index (χ4n) is 3.80. The van der Waals surface area contributed by atoms with Crippen molar-refractivity contribution in [2.24, 2.45) is 4.99 Å². The molecule has 0 fully saturated rings. The second-order valence-electron chi connectivity index (χ2n) is 7.48. The van der Waals surface area contributed by atoms with Crippen LogP contribution in [0.25, 0.3) is 21.3 Å². The molecule has 0 saturated carbocycles. The lowest BCUT2D eigenvalue weighted by molar-refractivity contribution is 0.581. The highest BCUT2D eigenvalue weighted by molar-refractivity contribution is 7.17. The normalized spacial score (nSPS) is 12.6. The number of aliphatic imine (C=N–C) groups is 1. The molecule has 0 radical (unpaired) electrons. The summed E-state index contributed by atoms with van der Waals surface area (Å²) >= 11 is 3.22. The van der Waals surface area contributed by atoms with Crippen molar-refractivity contribution in [3.05, 3.63) is 111 Å². The van der Waals surface area contributed by atoms with Gasteiger partial charge in [-0.3, -0.25) is 9.98 Å². The largest absolute Gasteiger partial charge is 0.284 e. The molecule has 3 aromatic heterocycles. The number of benzene rings is 2. The van der Waals surface area contributed by atoms with Crippen molar-refractivity contribution in [1.29, 1.82) is 0 Å². The van der Waals surface area contributed by atoms with Crippen molar-refractivity contribution >= 4 is 38.5 Å². The highest BCUT2D eigenvalue weighted by Gasteiger charge is 2.19. The van der Waals surface area contributed by atoms with Crippen LogP contribution in [0.15, 0.2) is 76.5 Å². The predicted molar refractivity (Wildman–Crippen MR) is 130 cm³/mol. The van der Waals surface area contributed by atoms with Crippen molar-refractivity contribution in [3.63, 3.8) is 0 Å². The molecular weight excluding hydrogens is 480 g/mol. The zero-order chi connectivity index (χ0) is 23.7. The Hall–Kier alpha value is -3.36. The van der Waals surface area contributed by atoms with E-state index in [1.54, 1.807) is 28.9 Å². The van der Waals surface area contributed by atoms with Crippen LogP contribution in [-0.4, -0.2) is 17.2 Å². The third-order valence-electron chi connectivity index (χ3n) is 5.36. The molecule has 6 rings (SSSR count). The monoisotopic (exact) mass is 496 g/mol. The summed E-state index contributed by atoms with van der Waals surface area (Å²) in [4.78, 5) is 9.77. The maximum atomic E-state index is 13.7. The molecule has 0 N–H and O–H groups in total. The summed E-state index contributed by atoms with van der Waals surface area (Å²) in [5, 5.41) is 4.80. The summed E-state index contributed by atoms with van der Waals surface area (Å²) in [6.07, 6.45) is 2.54. The van der Waals surface area contributed by atoms with Gasteiger partial charge in [0.25, 0.3) is 0 Å². The average molecular weight is 497 g/mol. The molecule has 5 aromatic rings. The van der Waals surface area contributed by atoms with E-state index in [0.29, 0.717) is 29.1 Å². The number of rotatable bonds is 2. The lowest BCUT2D eigenvalue weighted by Gasteiger charge is -2.13. The minimum atomic E-state index is -0.587. The summed E-state index contributed by atoms with van der Waals surface area (Å²) in [6, 6.07) is 12.9. The Morgan fingerprint density at radius 1 is 0.706 bits per heavy atom. The van der Waals surface area contributed by atoms with Gasteiger partial charge in [0.15, 0.2) is 0 Å². The number of thiophene rings is 2. The van der Waals surface area contributed by atoms with Crippen LogP contribution in [-0.2, 0) is 6.42 Å². The molecule has 1 aliphatic heterocycles. The van der Waals surface area contributed by atoms with E-state index >= 15 is 0 Å². The van der Waals surface area contributed by atoms with E-state index in [4.69, 9.17) is 0 Å². The Kier molecular flexibility index (Phi) is 6.26. The lowest BCUT2D eigenvalue weighted by Crippen LogP contribution is -2.13. The molecule has 0 saturated heterocycles. The first-order chi connectivity index (χ1) is 16.5. The topological polar surface area (TPSA) is 25.2 Å². The number of pyridine rings is 1. The molecule has 0 atom stereocenters. The van der Waals surface area contributed by atoms with Crippen LogP contribution in [0.3, 0.4) is 0 Å². The second kappa shape index (κ2) is 9.48. The summed E-state index contributed by atoms with van der Waals surface area (Å²) < 4.78 is 54.2. The van der Waals surface area contributed by atoms with Crippen molar-refractivity contribution in [3.8, 4) is 11.3 Å². The Morgan fingerprint density at radius 2 is 1.41 bits per heavy atom. The van der Waals surface area contributed by atoms with Crippen molar-refractivity contribution in [2.45, 2.75) is 6.42 Å². The molecule has 0 amide bonds. The highest BCUT2D eigenvalue weighted by atomic mass is 32.1. The molecule has 0 bridgehead atoms. The molecule has 4 heterocycles. The zero-order valence-corrected chi connectivity index (χ0v) is 19.2. The van der Waals surface area contributed by atoms with Gasteiger partial charge in [-0.1, -0.05) is 0 Å². The van der Waals surface area contributed by atoms with Crippen molar-refractivity contribution in [1.82, 2.24) is 4.98 Å². The molecule has 8 heteroatoms. The molecule has 170 valence electrons. The van der Waals surface area contributed by atoms with Crippen LogP contribution in [0, 0.1) is 23.3 Å². The third kappa shape index (κ3) is 4.38. The Balaban J connectivity index is 0.000000142. The first-order valence-corrected chi connectivity index (χ1v) is 12.1. The van der Waals surface area contributed by atoms with Gasteiger partial charge in [-0.15, -0.1) is 22.7 Å². The van der Waals surface area contributed by atoms with Gasteiger partial charge in [0.1, 0.15) is 23.3 Å². The Morgan fingerprint density at radius 3 is 2.15 bits per heavy atom. The van der Waals surface area contributed by atoms with Crippen LogP contribution < -0.4 is 0 Å². The van der Waals surface area contributed by atoms with Gasteiger partial charge in [-0.25, -0.2) is 17.6 Å². The van der Waals surface area contributed by atoms with Crippen LogP contribution in [0.4, 0.5) is 17.6 Å². The van der Waals surface area contributed by atoms with Crippen LogP contribution in [0.2, 0.25) is 0 Å². The van der Waals surface area contributed by atoms with E-state index in [9.17, 15) is 17.6 Å². The van der Waals surface area contributed by atoms with E-state index in [1.807, 2.05) is 29.0 Å². The minimum Gasteiger partial charge on any atom is -0.284 e. The molecule has 2 nitrogen and oxygen atoms in total. The van der Waals surface area contributed by atoms with Crippen molar-refractivity contribution < 1.29 is 17.6 Å². The first-order valence-electron chi connectivity index (χ1n) is 10.4. The fraction of sp³-hybridized carbons (Fsp3) is 0.0769. The number of nitrogens with zero attached hydrogens (tertiary/aromatic N) is 2. The van der Waals surface area contributed by atoms with E-state index < -0.39 is 23.3 Å². The maximum Gasteiger partial charge on any atom is 0.135 e.